The summed E-state index contributed by atoms with van der Waals surface area (Å²) in [6, 6.07) is 0. The van der Waals surface area contributed by atoms with Gasteiger partial charge in [0, 0.05) is 19.3 Å². The summed E-state index contributed by atoms with van der Waals surface area (Å²) in [5.41, 5.74) is 0. The zero-order valence-electron chi connectivity index (χ0n) is 53.2. The predicted octanol–water partition coefficient (Wildman–Crippen LogP) is 23.5. The Hall–Kier alpha value is -4.71. The van der Waals surface area contributed by atoms with Gasteiger partial charge in [0.2, 0.25) is 0 Å². The Labute approximate surface area is 506 Å². The first kappa shape index (κ1) is 77.3. The van der Waals surface area contributed by atoms with Crippen LogP contribution in [-0.4, -0.2) is 37.2 Å². The Morgan fingerprint density at radius 2 is 0.476 bits per heavy atom. The van der Waals surface area contributed by atoms with E-state index in [0.717, 1.165) is 148 Å². The Kier molecular flexibility index (Phi) is 64.8. The highest BCUT2D eigenvalue weighted by molar-refractivity contribution is 5.71. The molecule has 6 heteroatoms. The van der Waals surface area contributed by atoms with Crippen molar-refractivity contribution in [2.24, 2.45) is 0 Å². The molecule has 0 amide bonds. The first-order chi connectivity index (χ1) is 40.5. The fourth-order valence-electron chi connectivity index (χ4n) is 9.10. The minimum Gasteiger partial charge on any atom is -0.462 e. The van der Waals surface area contributed by atoms with Gasteiger partial charge in [-0.2, -0.15) is 0 Å². The molecule has 0 aliphatic heterocycles. The van der Waals surface area contributed by atoms with Crippen LogP contribution in [0.1, 0.15) is 297 Å². The van der Waals surface area contributed by atoms with Crippen LogP contribution in [0.2, 0.25) is 0 Å². The standard InChI is InChI=1S/C76H124O6/c1-4-7-10-13-16-19-22-25-27-29-31-33-35-36-37-38-39-40-42-43-45-47-49-51-54-57-60-63-66-69-75(78)81-72-73(71-80-74(77)68-65-62-59-56-53-24-21-18-15-12-9-6-3)82-76(79)70-67-64-61-58-55-52-50-48-46-44-41-34-32-30-28-26-23-20-17-14-11-8-5-2/h7-8,10-11,16-17,19-20,25-28,31-34,36-37,39-40,43,45,49,51,73H,4-6,9,12-15,18,21-24,29-30,35,38,41-42,44,46-48,50,52-72H2,1-3H3/b10-7-,11-8-,19-16-,20-17-,27-25-,28-26-,33-31-,34-32-,37-36-,40-39-,45-43-,51-49-. The molecule has 0 spiro atoms. The Morgan fingerprint density at radius 3 is 0.744 bits per heavy atom. The van der Waals surface area contributed by atoms with Gasteiger partial charge in [0.1, 0.15) is 13.2 Å². The molecule has 0 bridgehead atoms. The van der Waals surface area contributed by atoms with E-state index in [-0.39, 0.29) is 31.1 Å². The lowest BCUT2D eigenvalue weighted by Gasteiger charge is -2.18. The molecule has 0 radical (unpaired) electrons. The minimum atomic E-state index is -0.797. The van der Waals surface area contributed by atoms with Gasteiger partial charge >= 0.3 is 17.9 Å². The third-order valence-electron chi connectivity index (χ3n) is 14.1. The van der Waals surface area contributed by atoms with Crippen LogP contribution in [0, 0.1) is 0 Å². The van der Waals surface area contributed by atoms with Gasteiger partial charge in [0.25, 0.3) is 0 Å². The number of allylic oxidation sites excluding steroid dienone is 24. The number of ether oxygens (including phenoxy) is 3. The second kappa shape index (κ2) is 68.8. The molecular weight excluding hydrogens is 1010 g/mol. The van der Waals surface area contributed by atoms with E-state index >= 15 is 0 Å². The number of hydrogen-bond acceptors (Lipinski definition) is 6. The van der Waals surface area contributed by atoms with E-state index in [0.29, 0.717) is 19.3 Å². The van der Waals surface area contributed by atoms with Crippen molar-refractivity contribution in [3.8, 4) is 0 Å². The fourth-order valence-corrected chi connectivity index (χ4v) is 9.10. The monoisotopic (exact) mass is 1130 g/mol. The van der Waals surface area contributed by atoms with E-state index < -0.39 is 6.10 Å². The van der Waals surface area contributed by atoms with E-state index in [9.17, 15) is 14.4 Å². The summed E-state index contributed by atoms with van der Waals surface area (Å²) in [5, 5.41) is 0. The SMILES string of the molecule is CC/C=C\C/C=C\C/C=C\C/C=C\C/C=C\C/C=C\C/C=C\C/C=C\CCCCCCC(=O)OCC(COC(=O)CCCCCCCCCCCCCC)OC(=O)CCCCCCCCCCCC/C=C\C/C=C\C/C=C\C/C=C\CC. The maximum atomic E-state index is 12.9. The van der Waals surface area contributed by atoms with Crippen molar-refractivity contribution >= 4 is 17.9 Å². The minimum absolute atomic E-state index is 0.0900. The van der Waals surface area contributed by atoms with Crippen LogP contribution in [0.15, 0.2) is 146 Å². The molecule has 0 saturated heterocycles. The summed E-state index contributed by atoms with van der Waals surface area (Å²) >= 11 is 0. The topological polar surface area (TPSA) is 78.9 Å². The van der Waals surface area contributed by atoms with Crippen molar-refractivity contribution < 1.29 is 28.6 Å². The molecule has 0 aliphatic carbocycles. The molecule has 1 atom stereocenters. The average molecular weight is 1130 g/mol. The summed E-state index contributed by atoms with van der Waals surface area (Å²) in [5.74, 6) is -0.917. The number of rotatable bonds is 60. The maximum absolute atomic E-state index is 12.9. The molecule has 0 aromatic rings. The number of carbonyl (C=O) groups is 3. The lowest BCUT2D eigenvalue weighted by atomic mass is 10.0. The molecule has 0 aromatic heterocycles. The first-order valence-corrected chi connectivity index (χ1v) is 33.8. The molecule has 0 aromatic carbocycles. The summed E-state index contributed by atoms with van der Waals surface area (Å²) in [6.07, 6.45) is 98.6. The van der Waals surface area contributed by atoms with Crippen LogP contribution in [0.3, 0.4) is 0 Å². The van der Waals surface area contributed by atoms with Gasteiger partial charge in [-0.1, -0.05) is 301 Å². The van der Waals surface area contributed by atoms with E-state index in [1.165, 1.54) is 109 Å². The van der Waals surface area contributed by atoms with Crippen LogP contribution in [-0.2, 0) is 28.6 Å². The van der Waals surface area contributed by atoms with Gasteiger partial charge in [-0.05, 0) is 122 Å². The average Bonchev–Trinajstić information content (AvgIpc) is 3.47. The highest BCUT2D eigenvalue weighted by atomic mass is 16.6. The predicted molar refractivity (Wildman–Crippen MR) is 357 cm³/mol. The second-order valence-electron chi connectivity index (χ2n) is 22.0. The molecule has 0 fully saturated rings. The number of esters is 3. The number of carbonyl (C=O) groups excluding carboxylic acids is 3. The van der Waals surface area contributed by atoms with Crippen molar-refractivity contribution in [3.05, 3.63) is 146 Å². The third-order valence-corrected chi connectivity index (χ3v) is 14.1. The molecule has 0 saturated carbocycles. The molecule has 6 nitrogen and oxygen atoms in total. The number of unbranched alkanes of at least 4 members (excludes halogenated alkanes) is 25. The van der Waals surface area contributed by atoms with Crippen molar-refractivity contribution in [2.45, 2.75) is 303 Å². The van der Waals surface area contributed by atoms with Crippen molar-refractivity contribution in [1.29, 1.82) is 0 Å². The molecule has 0 rings (SSSR count). The van der Waals surface area contributed by atoms with Gasteiger partial charge < -0.3 is 14.2 Å². The Balaban J connectivity index is 4.38. The molecule has 1 unspecified atom stereocenters. The summed E-state index contributed by atoms with van der Waals surface area (Å²) in [6.45, 7) is 6.40. The summed E-state index contributed by atoms with van der Waals surface area (Å²) in [7, 11) is 0. The van der Waals surface area contributed by atoms with Crippen LogP contribution in [0.4, 0.5) is 0 Å². The van der Waals surface area contributed by atoms with E-state index in [1.807, 2.05) is 0 Å². The van der Waals surface area contributed by atoms with Crippen LogP contribution in [0.5, 0.6) is 0 Å². The Morgan fingerprint density at radius 1 is 0.256 bits per heavy atom. The van der Waals surface area contributed by atoms with Crippen molar-refractivity contribution in [2.75, 3.05) is 13.2 Å². The highest BCUT2D eigenvalue weighted by Gasteiger charge is 2.19. The molecule has 0 N–H and O–H groups in total. The van der Waals surface area contributed by atoms with Gasteiger partial charge in [-0.3, -0.25) is 14.4 Å². The quantitative estimate of drug-likeness (QED) is 0.0261. The largest absolute Gasteiger partial charge is 0.462 e. The smallest absolute Gasteiger partial charge is 0.306 e. The first-order valence-electron chi connectivity index (χ1n) is 33.8. The highest BCUT2D eigenvalue weighted by Crippen LogP contribution is 2.16. The van der Waals surface area contributed by atoms with Crippen molar-refractivity contribution in [3.63, 3.8) is 0 Å². The summed E-state index contributed by atoms with van der Waals surface area (Å²) in [4.78, 5) is 38.4. The van der Waals surface area contributed by atoms with E-state index in [2.05, 4.69) is 167 Å². The molecular formula is C76H124O6. The molecule has 0 aliphatic rings. The zero-order chi connectivity index (χ0) is 59.2. The second-order valence-corrected chi connectivity index (χ2v) is 22.0. The lowest BCUT2D eigenvalue weighted by molar-refractivity contribution is -0.167. The molecule has 82 heavy (non-hydrogen) atoms. The zero-order valence-corrected chi connectivity index (χ0v) is 53.2. The molecule has 464 valence electrons. The lowest BCUT2D eigenvalue weighted by Crippen LogP contribution is -2.30. The van der Waals surface area contributed by atoms with Crippen molar-refractivity contribution in [1.82, 2.24) is 0 Å². The summed E-state index contributed by atoms with van der Waals surface area (Å²) < 4.78 is 16.9. The van der Waals surface area contributed by atoms with Crippen LogP contribution in [0.25, 0.3) is 0 Å². The number of hydrogen-bond donors (Lipinski definition) is 0. The van der Waals surface area contributed by atoms with Gasteiger partial charge in [0.05, 0.1) is 0 Å². The molecule has 0 heterocycles. The third kappa shape index (κ3) is 66.1. The van der Waals surface area contributed by atoms with Crippen LogP contribution >= 0.6 is 0 Å². The fraction of sp³-hybridized carbons (Fsp3) is 0.645. The van der Waals surface area contributed by atoms with Gasteiger partial charge in [0.15, 0.2) is 6.10 Å². The maximum Gasteiger partial charge on any atom is 0.306 e. The van der Waals surface area contributed by atoms with Gasteiger partial charge in [-0.25, -0.2) is 0 Å². The normalized spacial score (nSPS) is 13.1. The van der Waals surface area contributed by atoms with E-state index in [4.69, 9.17) is 14.2 Å². The van der Waals surface area contributed by atoms with Crippen LogP contribution < -0.4 is 0 Å². The Bertz CT molecular complexity index is 1780. The van der Waals surface area contributed by atoms with E-state index in [1.54, 1.807) is 0 Å². The van der Waals surface area contributed by atoms with Gasteiger partial charge in [-0.15, -0.1) is 0 Å².